The lowest BCUT2D eigenvalue weighted by Crippen LogP contribution is -2.30. The molecule has 0 heterocycles. The van der Waals surface area contributed by atoms with E-state index in [1.165, 1.54) is 0 Å². The molecule has 0 spiro atoms. The summed E-state index contributed by atoms with van der Waals surface area (Å²) < 4.78 is 36.8. The molecular weight excluding hydrogens is 257 g/mol. The molecule has 0 saturated heterocycles. The summed E-state index contributed by atoms with van der Waals surface area (Å²) >= 11 is 0. The monoisotopic (exact) mass is 270 g/mol. The van der Waals surface area contributed by atoms with Crippen LogP contribution in [0.5, 0.6) is 0 Å². The van der Waals surface area contributed by atoms with Crippen molar-refractivity contribution in [3.63, 3.8) is 0 Å². The minimum absolute atomic E-state index is 0.390. The SMILES string of the molecule is O[C@@H](C[C@H](O)C(F)(F)F)c1cccc2ccccc12. The van der Waals surface area contributed by atoms with Gasteiger partial charge in [0.1, 0.15) is 0 Å². The summed E-state index contributed by atoms with van der Waals surface area (Å²) in [5.74, 6) is 0. The topological polar surface area (TPSA) is 40.5 Å². The molecule has 0 aliphatic heterocycles. The summed E-state index contributed by atoms with van der Waals surface area (Å²) in [5, 5.41) is 20.4. The fourth-order valence-corrected chi connectivity index (χ4v) is 2.01. The Kier molecular flexibility index (Phi) is 3.78. The molecule has 2 aromatic carbocycles. The summed E-state index contributed by atoms with van der Waals surface area (Å²) in [6.07, 6.45) is -9.37. The first kappa shape index (κ1) is 13.8. The van der Waals surface area contributed by atoms with Gasteiger partial charge in [-0.15, -0.1) is 0 Å². The highest BCUT2D eigenvalue weighted by Crippen LogP contribution is 2.31. The van der Waals surface area contributed by atoms with Gasteiger partial charge < -0.3 is 10.2 Å². The van der Waals surface area contributed by atoms with Gasteiger partial charge in [-0.2, -0.15) is 13.2 Å². The molecule has 0 fully saturated rings. The number of hydrogen-bond donors (Lipinski definition) is 2. The Morgan fingerprint density at radius 3 is 2.26 bits per heavy atom. The normalized spacial score (nSPS) is 15.4. The summed E-state index contributed by atoms with van der Waals surface area (Å²) in [4.78, 5) is 0. The molecular formula is C14H13F3O2. The maximum atomic E-state index is 12.3. The van der Waals surface area contributed by atoms with Crippen molar-refractivity contribution in [3.05, 3.63) is 48.0 Å². The molecule has 0 aromatic heterocycles. The van der Waals surface area contributed by atoms with Crippen LogP contribution in [0.2, 0.25) is 0 Å². The quantitative estimate of drug-likeness (QED) is 0.899. The number of aliphatic hydroxyl groups excluding tert-OH is 2. The van der Waals surface area contributed by atoms with Crippen molar-refractivity contribution >= 4 is 10.8 Å². The minimum Gasteiger partial charge on any atom is -0.388 e. The molecule has 19 heavy (non-hydrogen) atoms. The number of fused-ring (bicyclic) bond motifs is 1. The third kappa shape index (κ3) is 3.05. The van der Waals surface area contributed by atoms with Crippen LogP contribution in [0, 0.1) is 0 Å². The molecule has 5 heteroatoms. The van der Waals surface area contributed by atoms with E-state index >= 15 is 0 Å². The Hall–Kier alpha value is -1.59. The van der Waals surface area contributed by atoms with Crippen molar-refractivity contribution in [3.8, 4) is 0 Å². The van der Waals surface area contributed by atoms with Crippen molar-refractivity contribution in [1.82, 2.24) is 0 Å². The van der Waals surface area contributed by atoms with Crippen LogP contribution >= 0.6 is 0 Å². The van der Waals surface area contributed by atoms with E-state index in [2.05, 4.69) is 0 Å². The van der Waals surface area contributed by atoms with Crippen LogP contribution in [-0.4, -0.2) is 22.5 Å². The maximum Gasteiger partial charge on any atom is 0.414 e. The van der Waals surface area contributed by atoms with Gasteiger partial charge in [0.25, 0.3) is 0 Å². The third-order valence-corrected chi connectivity index (χ3v) is 3.01. The van der Waals surface area contributed by atoms with Crippen LogP contribution in [0.25, 0.3) is 10.8 Å². The van der Waals surface area contributed by atoms with Crippen molar-refractivity contribution in [2.75, 3.05) is 0 Å². The molecule has 2 nitrogen and oxygen atoms in total. The third-order valence-electron chi connectivity index (χ3n) is 3.01. The number of rotatable bonds is 3. The first-order chi connectivity index (χ1) is 8.89. The second kappa shape index (κ2) is 5.19. The van der Waals surface area contributed by atoms with Gasteiger partial charge in [0.15, 0.2) is 6.10 Å². The molecule has 0 aliphatic carbocycles. The summed E-state index contributed by atoms with van der Waals surface area (Å²) in [5.41, 5.74) is 0.390. The van der Waals surface area contributed by atoms with Crippen molar-refractivity contribution < 1.29 is 23.4 Å². The smallest absolute Gasteiger partial charge is 0.388 e. The van der Waals surface area contributed by atoms with Gasteiger partial charge in [-0.05, 0) is 16.3 Å². The lowest BCUT2D eigenvalue weighted by atomic mass is 9.97. The van der Waals surface area contributed by atoms with Gasteiger partial charge in [0.2, 0.25) is 0 Å². The van der Waals surface area contributed by atoms with E-state index in [1.807, 2.05) is 18.2 Å². The first-order valence-electron chi connectivity index (χ1n) is 5.80. The Morgan fingerprint density at radius 1 is 0.947 bits per heavy atom. The van der Waals surface area contributed by atoms with Crippen LogP contribution in [0.3, 0.4) is 0 Å². The highest BCUT2D eigenvalue weighted by atomic mass is 19.4. The second-order valence-corrected chi connectivity index (χ2v) is 4.38. The second-order valence-electron chi connectivity index (χ2n) is 4.38. The fourth-order valence-electron chi connectivity index (χ4n) is 2.01. The fraction of sp³-hybridized carbons (Fsp3) is 0.286. The Morgan fingerprint density at radius 2 is 1.58 bits per heavy atom. The van der Waals surface area contributed by atoms with Gasteiger partial charge in [0.05, 0.1) is 6.10 Å². The van der Waals surface area contributed by atoms with E-state index in [4.69, 9.17) is 5.11 Å². The van der Waals surface area contributed by atoms with Crippen LogP contribution in [0.15, 0.2) is 42.5 Å². The molecule has 0 saturated carbocycles. The Bertz CT molecular complexity index is 561. The minimum atomic E-state index is -4.72. The standard InChI is InChI=1S/C14H13F3O2/c15-14(16,17)13(19)8-12(18)11-7-3-5-9-4-1-2-6-10(9)11/h1-7,12-13,18-19H,8H2/t12-,13-/m0/s1. The largest absolute Gasteiger partial charge is 0.414 e. The van der Waals surface area contributed by atoms with E-state index in [9.17, 15) is 18.3 Å². The van der Waals surface area contributed by atoms with Crippen molar-refractivity contribution in [2.24, 2.45) is 0 Å². The number of aliphatic hydroxyl groups is 2. The number of alkyl halides is 3. The van der Waals surface area contributed by atoms with Crippen LogP contribution in [0.1, 0.15) is 18.1 Å². The van der Waals surface area contributed by atoms with Crippen molar-refractivity contribution in [1.29, 1.82) is 0 Å². The molecule has 2 N–H and O–H groups in total. The van der Waals surface area contributed by atoms with Gasteiger partial charge in [-0.25, -0.2) is 0 Å². The molecule has 2 aromatic rings. The van der Waals surface area contributed by atoms with E-state index in [-0.39, 0.29) is 0 Å². The van der Waals surface area contributed by atoms with E-state index < -0.39 is 24.8 Å². The zero-order chi connectivity index (χ0) is 14.0. The summed E-state index contributed by atoms with van der Waals surface area (Å²) in [6, 6.07) is 12.1. The molecule has 0 radical (unpaired) electrons. The van der Waals surface area contributed by atoms with Gasteiger partial charge in [-0.1, -0.05) is 42.5 Å². The molecule has 0 amide bonds. The van der Waals surface area contributed by atoms with Gasteiger partial charge in [-0.3, -0.25) is 0 Å². The molecule has 102 valence electrons. The summed E-state index contributed by atoms with van der Waals surface area (Å²) in [6.45, 7) is 0. The van der Waals surface area contributed by atoms with Gasteiger partial charge in [0, 0.05) is 6.42 Å². The van der Waals surface area contributed by atoms with Crippen LogP contribution in [0.4, 0.5) is 13.2 Å². The Labute approximate surface area is 108 Å². The number of benzene rings is 2. The molecule has 2 atom stereocenters. The molecule has 2 rings (SSSR count). The van der Waals surface area contributed by atoms with Crippen molar-refractivity contribution in [2.45, 2.75) is 24.8 Å². The Balaban J connectivity index is 2.29. The van der Waals surface area contributed by atoms with Gasteiger partial charge >= 0.3 is 6.18 Å². The highest BCUT2D eigenvalue weighted by molar-refractivity contribution is 5.85. The first-order valence-corrected chi connectivity index (χ1v) is 5.80. The zero-order valence-corrected chi connectivity index (χ0v) is 9.93. The van der Waals surface area contributed by atoms with E-state index in [0.29, 0.717) is 10.9 Å². The van der Waals surface area contributed by atoms with Crippen LogP contribution < -0.4 is 0 Å². The van der Waals surface area contributed by atoms with E-state index in [0.717, 1.165) is 5.39 Å². The summed E-state index contributed by atoms with van der Waals surface area (Å²) in [7, 11) is 0. The lowest BCUT2D eigenvalue weighted by molar-refractivity contribution is -0.211. The average molecular weight is 270 g/mol. The lowest BCUT2D eigenvalue weighted by Gasteiger charge is -2.19. The number of hydrogen-bond acceptors (Lipinski definition) is 2. The average Bonchev–Trinajstić information content (AvgIpc) is 2.36. The molecule has 0 aliphatic rings. The van der Waals surface area contributed by atoms with Crippen LogP contribution in [-0.2, 0) is 0 Å². The zero-order valence-electron chi connectivity index (χ0n) is 9.93. The van der Waals surface area contributed by atoms with E-state index in [1.54, 1.807) is 24.3 Å². The predicted molar refractivity (Wildman–Crippen MR) is 65.6 cm³/mol. The highest BCUT2D eigenvalue weighted by Gasteiger charge is 2.39. The predicted octanol–water partition coefficient (Wildman–Crippen LogP) is 3.19. The molecule has 0 unspecified atom stereocenters. The number of halogens is 3. The molecule has 0 bridgehead atoms. The maximum absolute atomic E-state index is 12.3.